The van der Waals surface area contributed by atoms with Crippen LogP contribution in [0.4, 0.5) is 0 Å². The lowest BCUT2D eigenvalue weighted by Gasteiger charge is -2.10. The maximum atomic E-state index is 9.24. The largest absolute Gasteiger partial charge is 0.506 e. The topological polar surface area (TPSA) is 33.1 Å². The predicted molar refractivity (Wildman–Crippen MR) is 49.9 cm³/mol. The monoisotopic (exact) mass is 225 g/mol. The van der Waals surface area contributed by atoms with Crippen molar-refractivity contribution in [1.82, 2.24) is 4.98 Å². The number of rotatable bonds is 1. The average molecular weight is 226 g/mol. The molecule has 0 unspecified atom stereocenters. The van der Waals surface area contributed by atoms with Gasteiger partial charge < -0.3 is 5.11 Å². The Labute approximate surface area is 85.1 Å². The number of hydrogen-bond acceptors (Lipinski definition) is 2. The molecule has 1 aromatic heterocycles. The van der Waals surface area contributed by atoms with Gasteiger partial charge in [0.15, 0.2) is 3.79 Å². The Balaban J connectivity index is 2.83. The highest BCUT2D eigenvalue weighted by Gasteiger charge is 2.21. The summed E-state index contributed by atoms with van der Waals surface area (Å²) in [5.41, 5.74) is 0.574. The molecule has 0 spiro atoms. The van der Waals surface area contributed by atoms with Crippen LogP contribution in [0.25, 0.3) is 0 Å². The maximum Gasteiger partial charge on any atom is 0.194 e. The van der Waals surface area contributed by atoms with Crippen molar-refractivity contribution in [3.8, 4) is 5.75 Å². The fraction of sp³-hybridized carbons (Fsp3) is 0.286. The van der Waals surface area contributed by atoms with E-state index in [2.05, 4.69) is 4.98 Å². The van der Waals surface area contributed by atoms with Gasteiger partial charge in [-0.2, -0.15) is 0 Å². The van der Waals surface area contributed by atoms with Gasteiger partial charge in [0.05, 0.1) is 6.20 Å². The van der Waals surface area contributed by atoms with Crippen molar-refractivity contribution < 1.29 is 5.11 Å². The summed E-state index contributed by atoms with van der Waals surface area (Å²) >= 11 is 16.6. The standard InChI is InChI=1S/C7H6Cl3NO/c8-7(9,10)3-5-1-2-11-4-6(5)12/h1-2,4,12H,3H2. The minimum atomic E-state index is -1.38. The summed E-state index contributed by atoms with van der Waals surface area (Å²) in [6.07, 6.45) is 3.02. The molecule has 1 heterocycles. The van der Waals surface area contributed by atoms with E-state index in [1.54, 1.807) is 6.07 Å². The minimum Gasteiger partial charge on any atom is -0.506 e. The molecule has 0 bridgehead atoms. The van der Waals surface area contributed by atoms with Crippen LogP contribution in [0, 0.1) is 0 Å². The lowest BCUT2D eigenvalue weighted by Crippen LogP contribution is -2.06. The Kier molecular flexibility index (Phi) is 3.04. The van der Waals surface area contributed by atoms with E-state index in [9.17, 15) is 5.11 Å². The van der Waals surface area contributed by atoms with Gasteiger partial charge in [-0.3, -0.25) is 4.98 Å². The molecule has 0 aliphatic carbocycles. The highest BCUT2D eigenvalue weighted by atomic mass is 35.6. The predicted octanol–water partition coefficient (Wildman–Crippen LogP) is 2.70. The number of halogens is 3. The second-order valence-electron chi connectivity index (χ2n) is 2.30. The Hall–Kier alpha value is -0.180. The highest BCUT2D eigenvalue weighted by molar-refractivity contribution is 6.67. The molecule has 0 aliphatic heterocycles. The van der Waals surface area contributed by atoms with E-state index in [0.29, 0.717) is 5.56 Å². The summed E-state index contributed by atoms with van der Waals surface area (Å²) in [6.45, 7) is 0. The second-order valence-corrected chi connectivity index (χ2v) is 4.81. The molecule has 12 heavy (non-hydrogen) atoms. The quantitative estimate of drug-likeness (QED) is 0.747. The summed E-state index contributed by atoms with van der Waals surface area (Å²) in [5.74, 6) is 0.0452. The summed E-state index contributed by atoms with van der Waals surface area (Å²) in [5, 5.41) is 9.24. The number of alkyl halides is 3. The third kappa shape index (κ3) is 3.05. The minimum absolute atomic E-state index is 0.0452. The molecule has 0 saturated carbocycles. The first kappa shape index (κ1) is 9.90. The van der Waals surface area contributed by atoms with Crippen LogP contribution in [0.1, 0.15) is 5.56 Å². The number of pyridine rings is 1. The maximum absolute atomic E-state index is 9.24. The number of aromatic hydroxyl groups is 1. The van der Waals surface area contributed by atoms with Crippen molar-refractivity contribution in [2.45, 2.75) is 10.2 Å². The lowest BCUT2D eigenvalue weighted by molar-refractivity contribution is 0.465. The SMILES string of the molecule is Oc1cnccc1CC(Cl)(Cl)Cl. The molecule has 0 aliphatic rings. The van der Waals surface area contributed by atoms with Crippen LogP contribution in [0.5, 0.6) is 5.75 Å². The summed E-state index contributed by atoms with van der Waals surface area (Å²) in [6, 6.07) is 1.61. The van der Waals surface area contributed by atoms with Crippen molar-refractivity contribution in [3.05, 3.63) is 24.0 Å². The van der Waals surface area contributed by atoms with Crippen LogP contribution in [0.3, 0.4) is 0 Å². The van der Waals surface area contributed by atoms with Crippen molar-refractivity contribution in [1.29, 1.82) is 0 Å². The molecule has 0 aromatic carbocycles. The second kappa shape index (κ2) is 3.69. The Morgan fingerprint density at radius 2 is 2.08 bits per heavy atom. The molecule has 2 nitrogen and oxygen atoms in total. The molecule has 1 aromatic rings. The van der Waals surface area contributed by atoms with E-state index in [4.69, 9.17) is 34.8 Å². The van der Waals surface area contributed by atoms with Gasteiger partial charge in [0.1, 0.15) is 5.75 Å². The molecule has 0 atom stereocenters. The van der Waals surface area contributed by atoms with Crippen LogP contribution >= 0.6 is 34.8 Å². The van der Waals surface area contributed by atoms with Crippen molar-refractivity contribution in [2.75, 3.05) is 0 Å². The first-order valence-electron chi connectivity index (χ1n) is 3.17. The van der Waals surface area contributed by atoms with Crippen LogP contribution < -0.4 is 0 Å². The Morgan fingerprint density at radius 1 is 1.42 bits per heavy atom. The summed E-state index contributed by atoms with van der Waals surface area (Å²) in [7, 11) is 0. The lowest BCUT2D eigenvalue weighted by atomic mass is 10.2. The highest BCUT2D eigenvalue weighted by Crippen LogP contribution is 2.32. The molecule has 66 valence electrons. The molecule has 0 amide bonds. The zero-order chi connectivity index (χ0) is 9.19. The molecular weight excluding hydrogens is 220 g/mol. The Bertz CT molecular complexity index is 272. The van der Waals surface area contributed by atoms with Gasteiger partial charge >= 0.3 is 0 Å². The normalized spacial score (nSPS) is 11.6. The zero-order valence-corrected chi connectivity index (χ0v) is 8.24. The fourth-order valence-electron chi connectivity index (χ4n) is 0.780. The Morgan fingerprint density at radius 3 is 2.58 bits per heavy atom. The van der Waals surface area contributed by atoms with Gasteiger partial charge in [0, 0.05) is 18.2 Å². The van der Waals surface area contributed by atoms with Crippen LogP contribution in [0.2, 0.25) is 0 Å². The summed E-state index contributed by atoms with van der Waals surface area (Å²) in [4.78, 5) is 3.70. The zero-order valence-electron chi connectivity index (χ0n) is 5.97. The molecule has 1 N–H and O–H groups in total. The van der Waals surface area contributed by atoms with Crippen molar-refractivity contribution in [2.24, 2.45) is 0 Å². The van der Waals surface area contributed by atoms with Gasteiger partial charge in [0.2, 0.25) is 0 Å². The van der Waals surface area contributed by atoms with Crippen molar-refractivity contribution >= 4 is 34.8 Å². The average Bonchev–Trinajstić information content (AvgIpc) is 1.91. The van der Waals surface area contributed by atoms with Gasteiger partial charge in [0.25, 0.3) is 0 Å². The van der Waals surface area contributed by atoms with Crippen LogP contribution in [-0.2, 0) is 6.42 Å². The van der Waals surface area contributed by atoms with E-state index in [1.807, 2.05) is 0 Å². The van der Waals surface area contributed by atoms with E-state index in [-0.39, 0.29) is 12.2 Å². The van der Waals surface area contributed by atoms with Crippen LogP contribution in [0.15, 0.2) is 18.5 Å². The summed E-state index contributed by atoms with van der Waals surface area (Å²) < 4.78 is -1.38. The third-order valence-electron chi connectivity index (χ3n) is 1.28. The van der Waals surface area contributed by atoms with Crippen molar-refractivity contribution in [3.63, 3.8) is 0 Å². The number of aromatic nitrogens is 1. The number of nitrogens with zero attached hydrogens (tertiary/aromatic N) is 1. The molecule has 0 fully saturated rings. The smallest absolute Gasteiger partial charge is 0.194 e. The fourth-order valence-corrected chi connectivity index (χ4v) is 1.21. The molecular formula is C7H6Cl3NO. The van der Waals surface area contributed by atoms with E-state index in [1.165, 1.54) is 12.4 Å². The van der Waals surface area contributed by atoms with E-state index >= 15 is 0 Å². The van der Waals surface area contributed by atoms with Gasteiger partial charge in [-0.25, -0.2) is 0 Å². The molecule has 5 heteroatoms. The van der Waals surface area contributed by atoms with Gasteiger partial charge in [-0.05, 0) is 6.07 Å². The van der Waals surface area contributed by atoms with Gasteiger partial charge in [-0.1, -0.05) is 34.8 Å². The molecule has 0 saturated heterocycles. The van der Waals surface area contributed by atoms with E-state index in [0.717, 1.165) is 0 Å². The molecule has 0 radical (unpaired) electrons. The third-order valence-corrected chi connectivity index (χ3v) is 1.68. The van der Waals surface area contributed by atoms with E-state index < -0.39 is 3.79 Å². The molecule has 1 rings (SSSR count). The first-order chi connectivity index (χ1) is 5.49. The number of hydrogen-bond donors (Lipinski definition) is 1. The van der Waals surface area contributed by atoms with Crippen LogP contribution in [-0.4, -0.2) is 13.9 Å². The van der Waals surface area contributed by atoms with Gasteiger partial charge in [-0.15, -0.1) is 0 Å². The first-order valence-corrected chi connectivity index (χ1v) is 4.31.